The van der Waals surface area contributed by atoms with Crippen molar-refractivity contribution >= 4 is 17.4 Å². The van der Waals surface area contributed by atoms with E-state index in [9.17, 15) is 0 Å². The number of ether oxygens (including phenoxy) is 1. The van der Waals surface area contributed by atoms with Gasteiger partial charge in [-0.05, 0) is 12.8 Å². The van der Waals surface area contributed by atoms with Gasteiger partial charge in [-0.25, -0.2) is 9.97 Å². The Hall–Kier alpha value is -0.910. The molecule has 2 saturated heterocycles. The fraction of sp³-hybridized carbons (Fsp3) is 0.733. The number of hydrogen-bond acceptors (Lipinski definition) is 5. The van der Waals surface area contributed by atoms with Crippen LogP contribution in [0.25, 0.3) is 0 Å². The summed E-state index contributed by atoms with van der Waals surface area (Å²) in [5, 5.41) is 0.608. The normalized spacial score (nSPS) is 23.7. The van der Waals surface area contributed by atoms with Crippen molar-refractivity contribution in [2.75, 3.05) is 44.3 Å². The minimum Gasteiger partial charge on any atom is -0.379 e. The van der Waals surface area contributed by atoms with Gasteiger partial charge in [0, 0.05) is 37.8 Å². The molecule has 2 fully saturated rings. The van der Waals surface area contributed by atoms with Gasteiger partial charge in [-0.3, -0.25) is 4.90 Å². The van der Waals surface area contributed by atoms with Crippen LogP contribution in [-0.4, -0.2) is 60.3 Å². The van der Waals surface area contributed by atoms with Gasteiger partial charge in [0.25, 0.3) is 0 Å². The predicted molar refractivity (Wildman–Crippen MR) is 84.0 cm³/mol. The molecule has 0 bridgehead atoms. The Bertz CT molecular complexity index is 479. The molecular formula is C15H23ClN4O. The molecule has 0 aromatic carbocycles. The minimum atomic E-state index is 0.608. The van der Waals surface area contributed by atoms with E-state index in [-0.39, 0.29) is 0 Å². The van der Waals surface area contributed by atoms with Gasteiger partial charge in [-0.15, -0.1) is 0 Å². The number of nitrogens with zero attached hydrogens (tertiary/aromatic N) is 4. The zero-order valence-corrected chi connectivity index (χ0v) is 13.3. The highest BCUT2D eigenvalue weighted by Crippen LogP contribution is 2.28. The molecule has 6 heteroatoms. The summed E-state index contributed by atoms with van der Waals surface area (Å²) in [5.41, 5.74) is 1.10. The second-order valence-corrected chi connectivity index (χ2v) is 6.11. The summed E-state index contributed by atoms with van der Waals surface area (Å²) in [6, 6.07) is 0.608. The van der Waals surface area contributed by atoms with Gasteiger partial charge in [-0.2, -0.15) is 0 Å². The first kappa shape index (κ1) is 15.0. The Labute approximate surface area is 131 Å². The van der Waals surface area contributed by atoms with Crippen molar-refractivity contribution in [1.29, 1.82) is 0 Å². The summed E-state index contributed by atoms with van der Waals surface area (Å²) in [4.78, 5) is 13.6. The van der Waals surface area contributed by atoms with Crippen LogP contribution in [0.1, 0.15) is 25.3 Å². The fourth-order valence-corrected chi connectivity index (χ4v) is 3.52. The summed E-state index contributed by atoms with van der Waals surface area (Å²) in [6.07, 6.45) is 4.76. The van der Waals surface area contributed by atoms with Crippen LogP contribution >= 0.6 is 11.6 Å². The lowest BCUT2D eigenvalue weighted by atomic mass is 10.2. The number of hydrogen-bond donors (Lipinski definition) is 0. The summed E-state index contributed by atoms with van der Waals surface area (Å²) < 4.78 is 5.44. The third kappa shape index (κ3) is 3.30. The lowest BCUT2D eigenvalue weighted by molar-refractivity contribution is 0.0209. The fourth-order valence-electron chi connectivity index (χ4n) is 3.29. The highest BCUT2D eigenvalue weighted by atomic mass is 35.5. The Balaban J connectivity index is 1.72. The Kier molecular flexibility index (Phi) is 4.93. The standard InChI is InChI=1S/C15H23ClN4O/c1-2-3-13-14(16)17-11-18-15(13)20-5-4-12(10-20)19-6-8-21-9-7-19/h11-12H,2-10H2,1H3. The first-order valence-corrected chi connectivity index (χ1v) is 8.23. The zero-order valence-electron chi connectivity index (χ0n) is 12.6. The summed E-state index contributed by atoms with van der Waals surface area (Å²) in [5.74, 6) is 1.03. The van der Waals surface area contributed by atoms with Crippen molar-refractivity contribution in [3.8, 4) is 0 Å². The second kappa shape index (κ2) is 6.90. The predicted octanol–water partition coefficient (Wildman–Crippen LogP) is 1.99. The van der Waals surface area contributed by atoms with Gasteiger partial charge < -0.3 is 9.64 Å². The Morgan fingerprint density at radius 2 is 2.10 bits per heavy atom. The van der Waals surface area contributed by atoms with Crippen LogP contribution in [-0.2, 0) is 11.2 Å². The first-order chi connectivity index (χ1) is 10.3. The molecule has 5 nitrogen and oxygen atoms in total. The lowest BCUT2D eigenvalue weighted by Gasteiger charge is -2.32. The molecule has 0 spiro atoms. The van der Waals surface area contributed by atoms with Crippen LogP contribution in [0, 0.1) is 0 Å². The van der Waals surface area contributed by atoms with Crippen LogP contribution in [0.4, 0.5) is 5.82 Å². The number of halogens is 1. The van der Waals surface area contributed by atoms with Crippen molar-refractivity contribution < 1.29 is 4.74 Å². The summed E-state index contributed by atoms with van der Waals surface area (Å²) in [6.45, 7) is 8.05. The van der Waals surface area contributed by atoms with Gasteiger partial charge in [-0.1, -0.05) is 24.9 Å². The van der Waals surface area contributed by atoms with Gasteiger partial charge >= 0.3 is 0 Å². The number of rotatable bonds is 4. The van der Waals surface area contributed by atoms with Crippen LogP contribution in [0.15, 0.2) is 6.33 Å². The quantitative estimate of drug-likeness (QED) is 0.796. The molecule has 21 heavy (non-hydrogen) atoms. The molecule has 3 rings (SSSR count). The molecule has 0 amide bonds. The largest absolute Gasteiger partial charge is 0.379 e. The molecule has 0 saturated carbocycles. The van der Waals surface area contributed by atoms with Gasteiger partial charge in [0.2, 0.25) is 0 Å². The van der Waals surface area contributed by atoms with Crippen molar-refractivity contribution in [1.82, 2.24) is 14.9 Å². The van der Waals surface area contributed by atoms with Crippen LogP contribution in [0.3, 0.4) is 0 Å². The molecule has 1 aromatic rings. The Morgan fingerprint density at radius 1 is 1.29 bits per heavy atom. The number of morpholine rings is 1. The van der Waals surface area contributed by atoms with Gasteiger partial charge in [0.1, 0.15) is 17.3 Å². The molecule has 0 N–H and O–H groups in total. The topological polar surface area (TPSA) is 41.5 Å². The van der Waals surface area contributed by atoms with Crippen LogP contribution < -0.4 is 4.90 Å². The van der Waals surface area contributed by atoms with Crippen LogP contribution in [0.5, 0.6) is 0 Å². The zero-order chi connectivity index (χ0) is 14.7. The van der Waals surface area contributed by atoms with E-state index in [1.165, 1.54) is 6.42 Å². The SMILES string of the molecule is CCCc1c(Cl)ncnc1N1CCC(N2CCOCC2)C1. The van der Waals surface area contributed by atoms with Gasteiger partial charge in [0.15, 0.2) is 0 Å². The van der Waals surface area contributed by atoms with E-state index >= 15 is 0 Å². The van der Waals surface area contributed by atoms with Crippen molar-refractivity contribution in [3.63, 3.8) is 0 Å². The van der Waals surface area contributed by atoms with Gasteiger partial charge in [0.05, 0.1) is 13.2 Å². The molecule has 1 aromatic heterocycles. The second-order valence-electron chi connectivity index (χ2n) is 5.75. The van der Waals surface area contributed by atoms with E-state index < -0.39 is 0 Å². The highest BCUT2D eigenvalue weighted by molar-refractivity contribution is 6.30. The maximum absolute atomic E-state index is 6.27. The maximum Gasteiger partial charge on any atom is 0.137 e. The summed E-state index contributed by atoms with van der Waals surface area (Å²) >= 11 is 6.27. The first-order valence-electron chi connectivity index (χ1n) is 7.85. The Morgan fingerprint density at radius 3 is 2.86 bits per heavy atom. The average Bonchev–Trinajstić information content (AvgIpc) is 3.00. The number of aromatic nitrogens is 2. The third-order valence-corrected chi connectivity index (χ3v) is 4.72. The molecule has 0 aliphatic carbocycles. The average molecular weight is 311 g/mol. The third-order valence-electron chi connectivity index (χ3n) is 4.40. The molecule has 0 radical (unpaired) electrons. The maximum atomic E-state index is 6.27. The number of anilines is 1. The minimum absolute atomic E-state index is 0.608. The van der Waals surface area contributed by atoms with E-state index in [0.717, 1.165) is 63.6 Å². The van der Waals surface area contributed by atoms with Crippen molar-refractivity contribution in [3.05, 3.63) is 17.0 Å². The smallest absolute Gasteiger partial charge is 0.137 e. The van der Waals surface area contributed by atoms with Crippen LogP contribution in [0.2, 0.25) is 5.15 Å². The molecule has 2 aliphatic rings. The molecule has 1 atom stereocenters. The summed E-state index contributed by atoms with van der Waals surface area (Å²) in [7, 11) is 0. The van der Waals surface area contributed by atoms with E-state index in [4.69, 9.17) is 16.3 Å². The van der Waals surface area contributed by atoms with Crippen molar-refractivity contribution in [2.45, 2.75) is 32.2 Å². The molecule has 3 heterocycles. The molecule has 116 valence electrons. The molecule has 2 aliphatic heterocycles. The molecular weight excluding hydrogens is 288 g/mol. The monoisotopic (exact) mass is 310 g/mol. The van der Waals surface area contributed by atoms with E-state index in [1.54, 1.807) is 6.33 Å². The lowest BCUT2D eigenvalue weighted by Crippen LogP contribution is -2.44. The van der Waals surface area contributed by atoms with Crippen molar-refractivity contribution in [2.24, 2.45) is 0 Å². The van der Waals surface area contributed by atoms with E-state index in [2.05, 4.69) is 26.7 Å². The highest BCUT2D eigenvalue weighted by Gasteiger charge is 2.30. The molecule has 1 unspecified atom stereocenters. The van der Waals surface area contributed by atoms with E-state index in [1.807, 2.05) is 0 Å². The van der Waals surface area contributed by atoms with E-state index in [0.29, 0.717) is 11.2 Å².